The maximum atomic E-state index is 5.93. The first-order valence-electron chi connectivity index (χ1n) is 7.42. The summed E-state index contributed by atoms with van der Waals surface area (Å²) in [5.74, 6) is 0.929. The lowest BCUT2D eigenvalue weighted by molar-refractivity contribution is 0.324. The second-order valence-electron chi connectivity index (χ2n) is 4.96. The van der Waals surface area contributed by atoms with Gasteiger partial charge in [0.2, 0.25) is 0 Å². The zero-order valence-electron chi connectivity index (χ0n) is 12.6. The molecule has 2 rings (SSSR count). The fraction of sp³-hybridized carbons (Fsp3) is 0.263. The summed E-state index contributed by atoms with van der Waals surface area (Å²) in [6, 6.07) is 8.19. The maximum absolute atomic E-state index is 5.93. The Bertz CT molecular complexity index is 567. The normalized spacial score (nSPS) is 20.2. The van der Waals surface area contributed by atoms with Crippen LogP contribution >= 0.6 is 0 Å². The highest BCUT2D eigenvalue weighted by Crippen LogP contribution is 2.31. The van der Waals surface area contributed by atoms with E-state index in [2.05, 4.69) is 42.3 Å². The molecule has 0 aliphatic carbocycles. The van der Waals surface area contributed by atoms with Gasteiger partial charge < -0.3 is 10.1 Å². The number of allylic oxidation sites excluding steroid dienone is 5. The molecule has 0 fully saturated rings. The molecule has 0 radical (unpaired) electrons. The first-order valence-corrected chi connectivity index (χ1v) is 7.42. The van der Waals surface area contributed by atoms with Crippen molar-refractivity contribution in [3.8, 4) is 5.75 Å². The van der Waals surface area contributed by atoms with Crippen LogP contribution in [0.5, 0.6) is 5.75 Å². The zero-order chi connectivity index (χ0) is 14.9. The summed E-state index contributed by atoms with van der Waals surface area (Å²) in [6.07, 6.45) is 12.4. The van der Waals surface area contributed by atoms with Crippen molar-refractivity contribution in [3.05, 3.63) is 72.4 Å². The van der Waals surface area contributed by atoms with Gasteiger partial charge in [0.1, 0.15) is 5.75 Å². The first-order chi connectivity index (χ1) is 10.3. The number of benzene rings is 1. The fourth-order valence-electron chi connectivity index (χ4n) is 2.26. The SMILES string of the molecule is C=C1/C=C\C=C/CCOc2ccccc2/C1=C\CCNC. The Morgan fingerprint density at radius 3 is 3.00 bits per heavy atom. The molecule has 0 spiro atoms. The Kier molecular flexibility index (Phi) is 6.04. The highest BCUT2D eigenvalue weighted by Gasteiger charge is 2.10. The Morgan fingerprint density at radius 1 is 1.29 bits per heavy atom. The van der Waals surface area contributed by atoms with E-state index in [0.717, 1.165) is 41.8 Å². The van der Waals surface area contributed by atoms with Gasteiger partial charge in [-0.25, -0.2) is 0 Å². The number of rotatable bonds is 3. The van der Waals surface area contributed by atoms with Crippen molar-refractivity contribution in [2.45, 2.75) is 12.8 Å². The average Bonchev–Trinajstić information content (AvgIpc) is 2.53. The standard InChI is InChI=1S/C19H23NO/c1-16-10-5-3-4-8-15-21-19-13-7-6-11-18(19)17(16)12-9-14-20-2/h3-7,10-13,20H,1,8-9,14-15H2,2H3/b4-3-,10-5-,17-12-. The van der Waals surface area contributed by atoms with Crippen LogP contribution in [0.3, 0.4) is 0 Å². The average molecular weight is 281 g/mol. The molecular formula is C19H23NO. The quantitative estimate of drug-likeness (QED) is 0.841. The molecule has 0 bridgehead atoms. The molecule has 1 N–H and O–H groups in total. The van der Waals surface area contributed by atoms with E-state index in [1.807, 2.05) is 31.3 Å². The predicted molar refractivity (Wildman–Crippen MR) is 90.5 cm³/mol. The van der Waals surface area contributed by atoms with Gasteiger partial charge in [-0.15, -0.1) is 0 Å². The van der Waals surface area contributed by atoms with Gasteiger partial charge in [-0.05, 0) is 43.6 Å². The van der Waals surface area contributed by atoms with Crippen molar-refractivity contribution in [2.75, 3.05) is 20.2 Å². The predicted octanol–water partition coefficient (Wildman–Crippen LogP) is 4.13. The number of hydrogen-bond donors (Lipinski definition) is 1. The van der Waals surface area contributed by atoms with Gasteiger partial charge in [-0.3, -0.25) is 0 Å². The van der Waals surface area contributed by atoms with E-state index in [9.17, 15) is 0 Å². The largest absolute Gasteiger partial charge is 0.493 e. The summed E-state index contributed by atoms with van der Waals surface area (Å²) in [4.78, 5) is 0. The molecule has 1 aromatic carbocycles. The smallest absolute Gasteiger partial charge is 0.127 e. The van der Waals surface area contributed by atoms with Crippen LogP contribution in [-0.2, 0) is 0 Å². The van der Waals surface area contributed by atoms with Gasteiger partial charge in [-0.1, -0.05) is 55.2 Å². The maximum Gasteiger partial charge on any atom is 0.127 e. The summed E-state index contributed by atoms with van der Waals surface area (Å²) >= 11 is 0. The van der Waals surface area contributed by atoms with Crippen LogP contribution in [0.25, 0.3) is 5.57 Å². The van der Waals surface area contributed by atoms with Crippen molar-refractivity contribution in [2.24, 2.45) is 0 Å². The van der Waals surface area contributed by atoms with E-state index in [1.54, 1.807) is 0 Å². The van der Waals surface area contributed by atoms with Crippen LogP contribution in [0.4, 0.5) is 0 Å². The van der Waals surface area contributed by atoms with E-state index in [4.69, 9.17) is 4.74 Å². The molecule has 1 heterocycles. The van der Waals surface area contributed by atoms with Crippen molar-refractivity contribution >= 4 is 5.57 Å². The lowest BCUT2D eigenvalue weighted by atomic mass is 9.96. The lowest BCUT2D eigenvalue weighted by Crippen LogP contribution is -2.06. The van der Waals surface area contributed by atoms with Crippen molar-refractivity contribution < 1.29 is 4.74 Å². The molecule has 110 valence electrons. The molecular weight excluding hydrogens is 258 g/mol. The number of ether oxygens (including phenoxy) is 1. The molecule has 0 unspecified atom stereocenters. The highest BCUT2D eigenvalue weighted by atomic mass is 16.5. The molecule has 1 aliphatic rings. The highest BCUT2D eigenvalue weighted by molar-refractivity contribution is 5.84. The van der Waals surface area contributed by atoms with Gasteiger partial charge in [0.25, 0.3) is 0 Å². The third kappa shape index (κ3) is 4.47. The Labute approximate surface area is 127 Å². The third-order valence-electron chi connectivity index (χ3n) is 3.35. The van der Waals surface area contributed by atoms with E-state index >= 15 is 0 Å². The molecule has 0 saturated heterocycles. The molecule has 1 aliphatic heterocycles. The first kappa shape index (κ1) is 15.3. The van der Waals surface area contributed by atoms with E-state index in [0.29, 0.717) is 6.61 Å². The molecule has 1 aromatic rings. The van der Waals surface area contributed by atoms with Crippen molar-refractivity contribution in [1.82, 2.24) is 5.32 Å². The van der Waals surface area contributed by atoms with Crippen LogP contribution in [0.2, 0.25) is 0 Å². The Balaban J connectivity index is 2.40. The summed E-state index contributed by atoms with van der Waals surface area (Å²) in [5, 5.41) is 3.17. The molecule has 2 nitrogen and oxygen atoms in total. The van der Waals surface area contributed by atoms with Crippen LogP contribution in [0.1, 0.15) is 18.4 Å². The number of nitrogens with one attached hydrogen (secondary N) is 1. The van der Waals surface area contributed by atoms with Crippen LogP contribution in [0, 0.1) is 0 Å². The number of para-hydroxylation sites is 1. The fourth-order valence-corrected chi connectivity index (χ4v) is 2.26. The minimum atomic E-state index is 0.692. The molecule has 21 heavy (non-hydrogen) atoms. The second kappa shape index (κ2) is 8.28. The van der Waals surface area contributed by atoms with Crippen molar-refractivity contribution in [3.63, 3.8) is 0 Å². The third-order valence-corrected chi connectivity index (χ3v) is 3.35. The number of fused-ring (bicyclic) bond motifs is 1. The monoisotopic (exact) mass is 281 g/mol. The molecule has 0 amide bonds. The van der Waals surface area contributed by atoms with Crippen LogP contribution < -0.4 is 10.1 Å². The van der Waals surface area contributed by atoms with Gasteiger partial charge in [0.05, 0.1) is 6.61 Å². The molecule has 2 heteroatoms. The van der Waals surface area contributed by atoms with E-state index < -0.39 is 0 Å². The molecule has 0 aromatic heterocycles. The summed E-state index contributed by atoms with van der Waals surface area (Å²) in [6.45, 7) is 5.85. The summed E-state index contributed by atoms with van der Waals surface area (Å²) < 4.78 is 5.93. The summed E-state index contributed by atoms with van der Waals surface area (Å²) in [7, 11) is 1.96. The van der Waals surface area contributed by atoms with Crippen LogP contribution in [-0.4, -0.2) is 20.2 Å². The lowest BCUT2D eigenvalue weighted by Gasteiger charge is -2.14. The molecule has 0 saturated carbocycles. The second-order valence-corrected chi connectivity index (χ2v) is 4.96. The minimum Gasteiger partial charge on any atom is -0.493 e. The Morgan fingerprint density at radius 2 is 2.14 bits per heavy atom. The van der Waals surface area contributed by atoms with Crippen LogP contribution in [0.15, 0.2) is 66.8 Å². The summed E-state index contributed by atoms with van der Waals surface area (Å²) in [5.41, 5.74) is 3.27. The molecule has 0 atom stereocenters. The zero-order valence-corrected chi connectivity index (χ0v) is 12.6. The van der Waals surface area contributed by atoms with Gasteiger partial charge in [-0.2, -0.15) is 0 Å². The Hall–Kier alpha value is -2.06. The van der Waals surface area contributed by atoms with Crippen molar-refractivity contribution in [1.29, 1.82) is 0 Å². The number of hydrogen-bond acceptors (Lipinski definition) is 2. The van der Waals surface area contributed by atoms with Gasteiger partial charge >= 0.3 is 0 Å². The van der Waals surface area contributed by atoms with Gasteiger partial charge in [0.15, 0.2) is 0 Å². The minimum absolute atomic E-state index is 0.692. The van der Waals surface area contributed by atoms with Gasteiger partial charge in [0, 0.05) is 5.56 Å². The van der Waals surface area contributed by atoms with E-state index in [1.165, 1.54) is 0 Å². The van der Waals surface area contributed by atoms with E-state index in [-0.39, 0.29) is 0 Å². The topological polar surface area (TPSA) is 21.3 Å².